The summed E-state index contributed by atoms with van der Waals surface area (Å²) in [4.78, 5) is 0. The number of hydrogen-bond acceptors (Lipinski definition) is 1. The Balaban J connectivity index is 0. The fourth-order valence-corrected chi connectivity index (χ4v) is 1.35. The molecule has 0 heterocycles. The summed E-state index contributed by atoms with van der Waals surface area (Å²) in [7, 11) is 0. The first kappa shape index (κ1) is 19.7. The van der Waals surface area contributed by atoms with Crippen LogP contribution >= 0.6 is 0 Å². The van der Waals surface area contributed by atoms with Crippen molar-refractivity contribution in [3.05, 3.63) is 72.4 Å². The van der Waals surface area contributed by atoms with Gasteiger partial charge in [0.25, 0.3) is 0 Å². The lowest BCUT2D eigenvalue weighted by atomic mass is 10.0. The Kier molecular flexibility index (Phi) is 15.0. The minimum Gasteiger partial charge on any atom is -0.384 e. The summed E-state index contributed by atoms with van der Waals surface area (Å²) in [6.45, 7) is 13.5. The number of aliphatic hydroxyl groups is 1. The van der Waals surface area contributed by atoms with Crippen LogP contribution in [-0.4, -0.2) is 5.11 Å². The van der Waals surface area contributed by atoms with E-state index in [0.29, 0.717) is 0 Å². The molecule has 1 atom stereocenters. The summed E-state index contributed by atoms with van der Waals surface area (Å²) >= 11 is 0. The summed E-state index contributed by atoms with van der Waals surface area (Å²) in [5.41, 5.74) is 1.78. The van der Waals surface area contributed by atoms with Crippen molar-refractivity contribution in [3.63, 3.8) is 0 Å². The highest BCUT2D eigenvalue weighted by atomic mass is 16.3. The molecule has 0 saturated carbocycles. The minimum atomic E-state index is -0.563. The first-order valence-corrected chi connectivity index (χ1v) is 6.98. The second-order valence-corrected chi connectivity index (χ2v) is 3.20. The normalized spacial score (nSPS) is 11.8. The molecular formula is C18H28O. The zero-order valence-electron chi connectivity index (χ0n) is 12.9. The highest BCUT2D eigenvalue weighted by Crippen LogP contribution is 2.21. The Morgan fingerprint density at radius 2 is 1.63 bits per heavy atom. The molecule has 0 aliphatic heterocycles. The van der Waals surface area contributed by atoms with E-state index in [2.05, 4.69) is 6.58 Å². The van der Waals surface area contributed by atoms with Crippen LogP contribution in [0.3, 0.4) is 0 Å². The van der Waals surface area contributed by atoms with E-state index in [-0.39, 0.29) is 0 Å². The first-order valence-electron chi connectivity index (χ1n) is 6.98. The van der Waals surface area contributed by atoms with Crippen LogP contribution in [0.1, 0.15) is 46.3 Å². The van der Waals surface area contributed by atoms with Crippen molar-refractivity contribution in [2.45, 2.75) is 40.7 Å². The molecule has 0 bridgehead atoms. The molecular weight excluding hydrogens is 232 g/mol. The number of allylic oxidation sites excluding steroid dienone is 3. The fourth-order valence-electron chi connectivity index (χ4n) is 1.35. The third kappa shape index (κ3) is 8.17. The lowest BCUT2D eigenvalue weighted by Crippen LogP contribution is -1.99. The Hall–Kier alpha value is -1.60. The Bertz CT molecular complexity index is 361. The van der Waals surface area contributed by atoms with Crippen LogP contribution in [0.2, 0.25) is 0 Å². The second-order valence-electron chi connectivity index (χ2n) is 3.20. The van der Waals surface area contributed by atoms with Gasteiger partial charge in [0, 0.05) is 0 Å². The SMILES string of the molecule is C=C/C=C\C(=C/C)C(O)c1ccccc1.CC.CC. The molecule has 0 radical (unpaired) electrons. The quantitative estimate of drug-likeness (QED) is 0.713. The number of hydrogen-bond donors (Lipinski definition) is 1. The van der Waals surface area contributed by atoms with Gasteiger partial charge in [0.15, 0.2) is 0 Å². The third-order valence-corrected chi connectivity index (χ3v) is 2.19. The van der Waals surface area contributed by atoms with Crippen molar-refractivity contribution in [2.75, 3.05) is 0 Å². The Labute approximate surface area is 119 Å². The van der Waals surface area contributed by atoms with Gasteiger partial charge in [0.2, 0.25) is 0 Å². The lowest BCUT2D eigenvalue weighted by Gasteiger charge is -2.11. The molecule has 1 unspecified atom stereocenters. The molecule has 1 rings (SSSR count). The summed E-state index contributed by atoms with van der Waals surface area (Å²) in [5.74, 6) is 0. The molecule has 106 valence electrons. The van der Waals surface area contributed by atoms with E-state index in [4.69, 9.17) is 0 Å². The molecule has 1 N–H and O–H groups in total. The van der Waals surface area contributed by atoms with Gasteiger partial charge in [-0.05, 0) is 18.1 Å². The topological polar surface area (TPSA) is 20.2 Å². The zero-order chi connectivity index (χ0) is 15.1. The average Bonchev–Trinajstić information content (AvgIpc) is 2.52. The second kappa shape index (κ2) is 14.5. The predicted octanol–water partition coefficient (Wildman–Crippen LogP) is 5.46. The zero-order valence-corrected chi connectivity index (χ0v) is 12.9. The van der Waals surface area contributed by atoms with Crippen LogP contribution in [0.15, 0.2) is 66.8 Å². The van der Waals surface area contributed by atoms with E-state index in [9.17, 15) is 5.11 Å². The molecule has 1 nitrogen and oxygen atoms in total. The van der Waals surface area contributed by atoms with E-state index < -0.39 is 6.10 Å². The molecule has 0 aromatic heterocycles. The summed E-state index contributed by atoms with van der Waals surface area (Å²) in [6, 6.07) is 9.60. The van der Waals surface area contributed by atoms with Crippen LogP contribution in [-0.2, 0) is 0 Å². The van der Waals surface area contributed by atoms with Gasteiger partial charge in [-0.3, -0.25) is 0 Å². The van der Waals surface area contributed by atoms with Gasteiger partial charge in [-0.15, -0.1) is 0 Å². The largest absolute Gasteiger partial charge is 0.384 e. The number of aliphatic hydroxyl groups excluding tert-OH is 1. The van der Waals surface area contributed by atoms with Crippen LogP contribution in [0.25, 0.3) is 0 Å². The van der Waals surface area contributed by atoms with Gasteiger partial charge in [0.05, 0.1) is 0 Å². The maximum absolute atomic E-state index is 10.1. The molecule has 1 aromatic carbocycles. The van der Waals surface area contributed by atoms with E-state index in [0.717, 1.165) is 11.1 Å². The van der Waals surface area contributed by atoms with Crippen LogP contribution in [0.5, 0.6) is 0 Å². The molecule has 0 aliphatic rings. The van der Waals surface area contributed by atoms with Crippen molar-refractivity contribution in [1.29, 1.82) is 0 Å². The highest BCUT2D eigenvalue weighted by molar-refractivity contribution is 5.32. The molecule has 0 aliphatic carbocycles. The monoisotopic (exact) mass is 260 g/mol. The highest BCUT2D eigenvalue weighted by Gasteiger charge is 2.08. The molecule has 0 spiro atoms. The summed E-state index contributed by atoms with van der Waals surface area (Å²) in [5, 5.41) is 10.1. The molecule has 0 saturated heterocycles. The van der Waals surface area contributed by atoms with Crippen LogP contribution in [0.4, 0.5) is 0 Å². The maximum atomic E-state index is 10.1. The molecule has 0 amide bonds. The van der Waals surface area contributed by atoms with E-state index in [1.807, 2.05) is 83.2 Å². The van der Waals surface area contributed by atoms with Gasteiger partial charge in [-0.2, -0.15) is 0 Å². The van der Waals surface area contributed by atoms with Crippen LogP contribution < -0.4 is 0 Å². The number of rotatable bonds is 4. The minimum absolute atomic E-state index is 0.563. The van der Waals surface area contributed by atoms with Crippen molar-refractivity contribution in [3.8, 4) is 0 Å². The summed E-state index contributed by atoms with van der Waals surface area (Å²) in [6.07, 6.45) is 6.72. The van der Waals surface area contributed by atoms with Gasteiger partial charge in [-0.25, -0.2) is 0 Å². The van der Waals surface area contributed by atoms with Crippen molar-refractivity contribution in [2.24, 2.45) is 0 Å². The lowest BCUT2D eigenvalue weighted by molar-refractivity contribution is 0.219. The predicted molar refractivity (Wildman–Crippen MR) is 87.2 cm³/mol. The Morgan fingerprint density at radius 3 is 2.05 bits per heavy atom. The van der Waals surface area contributed by atoms with E-state index in [1.165, 1.54) is 0 Å². The van der Waals surface area contributed by atoms with Gasteiger partial charge >= 0.3 is 0 Å². The van der Waals surface area contributed by atoms with Crippen LogP contribution in [0, 0.1) is 0 Å². The average molecular weight is 260 g/mol. The van der Waals surface area contributed by atoms with Crippen molar-refractivity contribution in [1.82, 2.24) is 0 Å². The standard InChI is InChI=1S/C14H16O.2C2H6/c1-3-5-9-12(4-2)14(15)13-10-7-6-8-11-13;2*1-2/h3-11,14-15H,1H2,2H3;2*1-2H3/b9-5-,12-4+;;. The summed E-state index contributed by atoms with van der Waals surface area (Å²) < 4.78 is 0. The van der Waals surface area contributed by atoms with Gasteiger partial charge in [0.1, 0.15) is 6.10 Å². The van der Waals surface area contributed by atoms with Gasteiger partial charge in [-0.1, -0.05) is 88.9 Å². The molecule has 1 aromatic rings. The third-order valence-electron chi connectivity index (χ3n) is 2.19. The molecule has 1 heteroatoms. The van der Waals surface area contributed by atoms with Crippen molar-refractivity contribution >= 4 is 0 Å². The first-order chi connectivity index (χ1) is 9.29. The van der Waals surface area contributed by atoms with E-state index in [1.54, 1.807) is 6.08 Å². The van der Waals surface area contributed by atoms with E-state index >= 15 is 0 Å². The van der Waals surface area contributed by atoms with Gasteiger partial charge < -0.3 is 5.11 Å². The molecule has 0 fully saturated rings. The maximum Gasteiger partial charge on any atom is 0.104 e. The fraction of sp³-hybridized carbons (Fsp3) is 0.333. The Morgan fingerprint density at radius 1 is 1.11 bits per heavy atom. The van der Waals surface area contributed by atoms with Crippen molar-refractivity contribution < 1.29 is 5.11 Å². The number of benzene rings is 1. The smallest absolute Gasteiger partial charge is 0.104 e. The molecule has 19 heavy (non-hydrogen) atoms.